The van der Waals surface area contributed by atoms with E-state index in [-0.39, 0.29) is 23.7 Å². The second-order valence-electron chi connectivity index (χ2n) is 6.93. The van der Waals surface area contributed by atoms with Gasteiger partial charge < -0.3 is 14.5 Å². The number of hydrogen-bond acceptors (Lipinski definition) is 2. The molecule has 4 nitrogen and oxygen atoms in total. The molecule has 0 radical (unpaired) electrons. The predicted octanol–water partition coefficient (Wildman–Crippen LogP) is 3.69. The molecule has 1 aliphatic heterocycles. The lowest BCUT2D eigenvalue weighted by molar-refractivity contribution is -0.0820. The van der Waals surface area contributed by atoms with Crippen LogP contribution in [0.5, 0.6) is 0 Å². The largest absolute Gasteiger partial charge is 0.375 e. The molecule has 0 bridgehead atoms. The van der Waals surface area contributed by atoms with E-state index < -0.39 is 0 Å². The van der Waals surface area contributed by atoms with Gasteiger partial charge in [0.2, 0.25) is 0 Å². The Morgan fingerprint density at radius 1 is 1.27 bits per heavy atom. The summed E-state index contributed by atoms with van der Waals surface area (Å²) in [5.41, 5.74) is 0.992. The third kappa shape index (κ3) is 3.80. The minimum Gasteiger partial charge on any atom is -0.375 e. The normalized spacial score (nSPS) is 22.0. The van der Waals surface area contributed by atoms with Crippen LogP contribution in [-0.2, 0) is 4.74 Å². The molecule has 2 amide bonds. The van der Waals surface area contributed by atoms with Gasteiger partial charge in [-0.05, 0) is 39.2 Å². The second kappa shape index (κ2) is 6.69. The molecule has 0 saturated carbocycles. The number of carbonyl (C=O) groups excluding carboxylic acids is 1. The van der Waals surface area contributed by atoms with Gasteiger partial charge >= 0.3 is 6.03 Å². The number of rotatable bonds is 3. The summed E-state index contributed by atoms with van der Waals surface area (Å²) in [7, 11) is 3.63. The Kier molecular flexibility index (Phi) is 5.12. The third-order valence-electron chi connectivity index (χ3n) is 4.37. The molecule has 0 aromatic heterocycles. The zero-order chi connectivity index (χ0) is 16.3. The number of hydrogen-bond donors (Lipinski definition) is 0. The smallest absolute Gasteiger partial charge is 0.320 e. The first-order chi connectivity index (χ1) is 10.3. The standard InChI is InChI=1S/C18H28N2O2/c1-14(15-9-7-6-8-10-15)20(17(21)19(4)5)16-11-12-22-18(2,3)13-16/h6-10,14,16H,11-13H2,1-5H3/t14-,16-/m1/s1. The molecule has 122 valence electrons. The van der Waals surface area contributed by atoms with Gasteiger partial charge in [-0.1, -0.05) is 30.3 Å². The molecule has 1 heterocycles. The summed E-state index contributed by atoms with van der Waals surface area (Å²) in [4.78, 5) is 16.5. The van der Waals surface area contributed by atoms with E-state index in [0.717, 1.165) is 12.8 Å². The second-order valence-corrected chi connectivity index (χ2v) is 6.93. The molecular formula is C18H28N2O2. The number of nitrogens with zero attached hydrogens (tertiary/aromatic N) is 2. The summed E-state index contributed by atoms with van der Waals surface area (Å²) in [5.74, 6) is 0. The van der Waals surface area contributed by atoms with Gasteiger partial charge in [-0.2, -0.15) is 0 Å². The maximum Gasteiger partial charge on any atom is 0.320 e. The average Bonchev–Trinajstić information content (AvgIpc) is 2.47. The minimum atomic E-state index is -0.176. The highest BCUT2D eigenvalue weighted by Crippen LogP contribution is 2.33. The number of carbonyl (C=O) groups is 1. The van der Waals surface area contributed by atoms with Crippen LogP contribution >= 0.6 is 0 Å². The van der Waals surface area contributed by atoms with Crippen LogP contribution < -0.4 is 0 Å². The van der Waals surface area contributed by atoms with Crippen LogP contribution in [0.15, 0.2) is 30.3 Å². The van der Waals surface area contributed by atoms with Crippen molar-refractivity contribution in [2.45, 2.75) is 51.3 Å². The van der Waals surface area contributed by atoms with Crippen LogP contribution in [0.4, 0.5) is 4.79 Å². The topological polar surface area (TPSA) is 32.8 Å². The van der Waals surface area contributed by atoms with E-state index in [1.807, 2.05) is 37.2 Å². The molecule has 22 heavy (non-hydrogen) atoms. The Hall–Kier alpha value is -1.55. The molecule has 0 N–H and O–H groups in total. The molecule has 1 aromatic rings. The summed E-state index contributed by atoms with van der Waals surface area (Å²) < 4.78 is 5.82. The Morgan fingerprint density at radius 3 is 2.45 bits per heavy atom. The quantitative estimate of drug-likeness (QED) is 0.853. The fraction of sp³-hybridized carbons (Fsp3) is 0.611. The monoisotopic (exact) mass is 304 g/mol. The van der Waals surface area contributed by atoms with Crippen molar-refractivity contribution in [3.63, 3.8) is 0 Å². The minimum absolute atomic E-state index is 0.0509. The molecule has 1 aliphatic rings. The molecule has 1 aromatic carbocycles. The van der Waals surface area contributed by atoms with Crippen molar-refractivity contribution in [1.82, 2.24) is 9.80 Å². The van der Waals surface area contributed by atoms with Gasteiger partial charge in [0.25, 0.3) is 0 Å². The first-order valence-corrected chi connectivity index (χ1v) is 8.00. The third-order valence-corrected chi connectivity index (χ3v) is 4.37. The summed E-state index contributed by atoms with van der Waals surface area (Å²) in [6.07, 6.45) is 1.75. The van der Waals surface area contributed by atoms with Crippen LogP contribution in [0.3, 0.4) is 0 Å². The molecule has 1 fully saturated rings. The van der Waals surface area contributed by atoms with E-state index in [9.17, 15) is 4.79 Å². The fourth-order valence-corrected chi connectivity index (χ4v) is 3.20. The summed E-state index contributed by atoms with van der Waals surface area (Å²) in [5, 5.41) is 0. The summed E-state index contributed by atoms with van der Waals surface area (Å²) in [6, 6.07) is 10.6. The zero-order valence-electron chi connectivity index (χ0n) is 14.4. The highest BCUT2D eigenvalue weighted by molar-refractivity contribution is 5.74. The van der Waals surface area contributed by atoms with Gasteiger partial charge in [-0.15, -0.1) is 0 Å². The molecule has 1 saturated heterocycles. The highest BCUT2D eigenvalue weighted by Gasteiger charge is 2.37. The predicted molar refractivity (Wildman–Crippen MR) is 88.8 cm³/mol. The zero-order valence-corrected chi connectivity index (χ0v) is 14.4. The van der Waals surface area contributed by atoms with E-state index in [1.54, 1.807) is 4.90 Å². The van der Waals surface area contributed by atoms with Gasteiger partial charge in [0.05, 0.1) is 11.6 Å². The highest BCUT2D eigenvalue weighted by atomic mass is 16.5. The maximum absolute atomic E-state index is 12.8. The number of ether oxygens (including phenoxy) is 1. The van der Waals surface area contributed by atoms with E-state index >= 15 is 0 Å². The van der Waals surface area contributed by atoms with E-state index in [2.05, 4.69) is 32.9 Å². The number of amides is 2. The Balaban J connectivity index is 2.28. The van der Waals surface area contributed by atoms with Crippen molar-refractivity contribution < 1.29 is 9.53 Å². The molecule has 0 aliphatic carbocycles. The van der Waals surface area contributed by atoms with Crippen molar-refractivity contribution in [1.29, 1.82) is 0 Å². The van der Waals surface area contributed by atoms with E-state index in [4.69, 9.17) is 4.74 Å². The van der Waals surface area contributed by atoms with Crippen LogP contribution in [0, 0.1) is 0 Å². The van der Waals surface area contributed by atoms with Gasteiger partial charge in [-0.25, -0.2) is 4.79 Å². The lowest BCUT2D eigenvalue weighted by Crippen LogP contribution is -2.52. The number of benzene rings is 1. The molecule has 2 atom stereocenters. The lowest BCUT2D eigenvalue weighted by Gasteiger charge is -2.44. The van der Waals surface area contributed by atoms with Crippen LogP contribution in [0.25, 0.3) is 0 Å². The lowest BCUT2D eigenvalue weighted by atomic mass is 9.91. The first-order valence-electron chi connectivity index (χ1n) is 8.00. The molecular weight excluding hydrogens is 276 g/mol. The van der Waals surface area contributed by atoms with Crippen molar-refractivity contribution in [3.05, 3.63) is 35.9 Å². The average molecular weight is 304 g/mol. The summed E-state index contributed by atoms with van der Waals surface area (Å²) >= 11 is 0. The SMILES string of the molecule is C[C@H](c1ccccc1)N(C(=O)N(C)C)[C@@H]1CCOC(C)(C)C1. The number of urea groups is 1. The molecule has 4 heteroatoms. The Morgan fingerprint density at radius 2 is 1.91 bits per heavy atom. The first kappa shape index (κ1) is 16.8. The van der Waals surface area contributed by atoms with Crippen molar-refractivity contribution in [3.8, 4) is 0 Å². The van der Waals surface area contributed by atoms with Crippen molar-refractivity contribution in [2.24, 2.45) is 0 Å². The maximum atomic E-state index is 12.8. The van der Waals surface area contributed by atoms with Gasteiger partial charge in [0.1, 0.15) is 0 Å². The van der Waals surface area contributed by atoms with Gasteiger partial charge in [-0.3, -0.25) is 0 Å². The van der Waals surface area contributed by atoms with Gasteiger partial charge in [0, 0.05) is 26.7 Å². The van der Waals surface area contributed by atoms with Crippen LogP contribution in [-0.4, -0.2) is 48.2 Å². The van der Waals surface area contributed by atoms with E-state index in [1.165, 1.54) is 5.56 Å². The Bertz CT molecular complexity index is 499. The van der Waals surface area contributed by atoms with Crippen LogP contribution in [0.2, 0.25) is 0 Å². The fourth-order valence-electron chi connectivity index (χ4n) is 3.20. The molecule has 2 rings (SSSR count). The van der Waals surface area contributed by atoms with Crippen LogP contribution in [0.1, 0.15) is 45.2 Å². The van der Waals surface area contributed by atoms with E-state index in [0.29, 0.717) is 6.61 Å². The molecule has 0 spiro atoms. The molecule has 0 unspecified atom stereocenters. The van der Waals surface area contributed by atoms with Gasteiger partial charge in [0.15, 0.2) is 0 Å². The Labute approximate surface area is 134 Å². The van der Waals surface area contributed by atoms with Crippen molar-refractivity contribution in [2.75, 3.05) is 20.7 Å². The summed E-state index contributed by atoms with van der Waals surface area (Å²) in [6.45, 7) is 7.02. The van der Waals surface area contributed by atoms with Crippen molar-refractivity contribution >= 4 is 6.03 Å².